The van der Waals surface area contributed by atoms with E-state index >= 15 is 0 Å². The summed E-state index contributed by atoms with van der Waals surface area (Å²) in [5.74, 6) is -0.249. The van der Waals surface area contributed by atoms with Gasteiger partial charge in [0.1, 0.15) is 34.8 Å². The van der Waals surface area contributed by atoms with Crippen molar-refractivity contribution in [2.24, 2.45) is 0 Å². The van der Waals surface area contributed by atoms with Gasteiger partial charge in [0.15, 0.2) is 13.2 Å². The van der Waals surface area contributed by atoms with Gasteiger partial charge in [-0.05, 0) is 99.4 Å². The largest absolute Gasteiger partial charge is 0.484 e. The Morgan fingerprint density at radius 1 is 0.426 bits per heavy atom. The molecule has 1 aliphatic heterocycles. The van der Waals surface area contributed by atoms with Crippen molar-refractivity contribution in [1.82, 2.24) is 9.97 Å². The van der Waals surface area contributed by atoms with Gasteiger partial charge in [0.2, 0.25) is 0 Å². The third kappa shape index (κ3) is 7.39. The van der Waals surface area contributed by atoms with Crippen LogP contribution in [0.1, 0.15) is 20.7 Å². The summed E-state index contributed by atoms with van der Waals surface area (Å²) in [5, 5.41) is 14.5. The average Bonchev–Trinajstić information content (AvgIpc) is 3.18. The van der Waals surface area contributed by atoms with Crippen LogP contribution in [0.25, 0.3) is 32.7 Å². The molecule has 0 saturated carbocycles. The van der Waals surface area contributed by atoms with Crippen LogP contribution in [-0.2, 0) is 9.59 Å². The van der Waals surface area contributed by atoms with E-state index in [1.165, 1.54) is 6.07 Å². The number of aromatic nitrogens is 2. The normalized spacial score (nSPS) is 13.7. The molecule has 4 N–H and O–H groups in total. The second kappa shape index (κ2) is 14.6. The van der Waals surface area contributed by atoms with E-state index in [1.807, 2.05) is 72.8 Å². The van der Waals surface area contributed by atoms with Gasteiger partial charge in [-0.2, -0.15) is 0 Å². The topological polar surface area (TPSA) is 161 Å². The second-order valence-electron chi connectivity index (χ2n) is 12.4. The number of hydrogen-bond donors (Lipinski definition) is 4. The van der Waals surface area contributed by atoms with E-state index in [1.54, 1.807) is 54.6 Å². The zero-order chi connectivity index (χ0) is 37.0. The lowest BCUT2D eigenvalue weighted by molar-refractivity contribution is -0.118. The molecule has 264 valence electrons. The van der Waals surface area contributed by atoms with Crippen LogP contribution in [0.15, 0.2) is 133 Å². The van der Waals surface area contributed by atoms with Crippen molar-refractivity contribution in [3.05, 3.63) is 145 Å². The van der Waals surface area contributed by atoms with Gasteiger partial charge in [0.25, 0.3) is 23.6 Å². The molecule has 0 fully saturated rings. The lowest BCUT2D eigenvalue weighted by Gasteiger charge is -2.16. The van der Waals surface area contributed by atoms with Crippen molar-refractivity contribution in [2.45, 2.75) is 0 Å². The van der Waals surface area contributed by atoms with Gasteiger partial charge in [-0.3, -0.25) is 19.2 Å². The van der Waals surface area contributed by atoms with Gasteiger partial charge >= 0.3 is 0 Å². The smallest absolute Gasteiger partial charge is 0.263 e. The molecule has 0 aliphatic carbocycles. The number of nitrogens with zero attached hydrogens (tertiary/aromatic N) is 2. The molecule has 3 heterocycles. The molecule has 12 nitrogen and oxygen atoms in total. The average molecular weight is 715 g/mol. The van der Waals surface area contributed by atoms with E-state index in [0.717, 1.165) is 32.7 Å². The highest BCUT2D eigenvalue weighted by molar-refractivity contribution is 6.09. The number of benzene rings is 5. The Kier molecular flexibility index (Phi) is 9.04. The maximum absolute atomic E-state index is 13.2. The van der Waals surface area contributed by atoms with Gasteiger partial charge in [-0.15, -0.1) is 0 Å². The fourth-order valence-electron chi connectivity index (χ4n) is 6.16. The highest BCUT2D eigenvalue weighted by atomic mass is 16.5. The molecule has 0 spiro atoms. The molecule has 0 unspecified atom stereocenters. The molecule has 0 saturated heterocycles. The summed E-state index contributed by atoms with van der Waals surface area (Å²) in [7, 11) is 0. The van der Waals surface area contributed by atoms with Crippen LogP contribution in [0.3, 0.4) is 0 Å². The fourth-order valence-corrected chi connectivity index (χ4v) is 6.16. The zero-order valence-corrected chi connectivity index (χ0v) is 28.5. The van der Waals surface area contributed by atoms with E-state index in [2.05, 4.69) is 31.2 Å². The van der Waals surface area contributed by atoms with Crippen LogP contribution in [0, 0.1) is 0 Å². The molecule has 7 aromatic rings. The Bertz CT molecular complexity index is 2450. The first kappa shape index (κ1) is 33.5. The van der Waals surface area contributed by atoms with Crippen LogP contribution in [0.4, 0.5) is 23.3 Å². The quantitative estimate of drug-likeness (QED) is 0.127. The molecule has 2 aromatic heterocycles. The molecule has 4 amide bonds. The minimum Gasteiger partial charge on any atom is -0.484 e. The number of rotatable bonds is 0. The van der Waals surface area contributed by atoms with E-state index in [4.69, 9.17) is 9.47 Å². The number of pyridine rings is 2. The summed E-state index contributed by atoms with van der Waals surface area (Å²) >= 11 is 0. The maximum atomic E-state index is 13.2. The molecule has 54 heavy (non-hydrogen) atoms. The Morgan fingerprint density at radius 2 is 0.833 bits per heavy atom. The summed E-state index contributed by atoms with van der Waals surface area (Å²) in [4.78, 5) is 61.2. The lowest BCUT2D eigenvalue weighted by Crippen LogP contribution is -2.21. The predicted molar refractivity (Wildman–Crippen MR) is 206 cm³/mol. The van der Waals surface area contributed by atoms with Crippen LogP contribution in [0.5, 0.6) is 11.5 Å². The Labute approximate surface area is 308 Å². The van der Waals surface area contributed by atoms with Crippen LogP contribution in [0.2, 0.25) is 0 Å². The summed E-state index contributed by atoms with van der Waals surface area (Å²) in [5.41, 5.74) is 2.08. The predicted octanol–water partition coefficient (Wildman–Crippen LogP) is 7.30. The number of ether oxygens (including phenoxy) is 2. The van der Waals surface area contributed by atoms with Crippen molar-refractivity contribution < 1.29 is 28.7 Å². The maximum Gasteiger partial charge on any atom is 0.263 e. The van der Waals surface area contributed by atoms with E-state index in [9.17, 15) is 19.2 Å². The third-order valence-corrected chi connectivity index (χ3v) is 8.60. The standard InChI is InChI=1S/C42H30N6O6/c49-39-23-53-29-19-25-8-1-3-12-31(25)33(21-29)34-22-30(20-26-9-2-4-13-32(26)34)54-24-40(50)46-36-15-7-17-38(44-36)48-42(52)28-11-5-10-27(18-28)41(51)47-37-16-6-14-35(43-37)45-39/h1-22H,23-24H2,(H2,43,45,47,49,51)(H2,44,46,48,50,52). The summed E-state index contributed by atoms with van der Waals surface area (Å²) in [6.07, 6.45) is 0. The number of nitrogens with one attached hydrogen (secondary N) is 4. The monoisotopic (exact) mass is 714 g/mol. The molecular weight excluding hydrogens is 684 g/mol. The minimum absolute atomic E-state index is 0.187. The highest BCUT2D eigenvalue weighted by Crippen LogP contribution is 2.39. The zero-order valence-electron chi connectivity index (χ0n) is 28.5. The van der Waals surface area contributed by atoms with Crippen molar-refractivity contribution in [2.75, 3.05) is 34.5 Å². The van der Waals surface area contributed by atoms with Gasteiger partial charge in [0.05, 0.1) is 0 Å². The molecule has 10 bridgehead atoms. The lowest BCUT2D eigenvalue weighted by atomic mass is 9.93. The van der Waals surface area contributed by atoms with Crippen LogP contribution < -0.4 is 30.7 Å². The number of carbonyl (C=O) groups is 4. The van der Waals surface area contributed by atoms with E-state index < -0.39 is 23.6 Å². The van der Waals surface area contributed by atoms with Gasteiger partial charge in [-0.1, -0.05) is 66.7 Å². The number of amides is 4. The first-order chi connectivity index (χ1) is 26.3. The van der Waals surface area contributed by atoms with Crippen molar-refractivity contribution >= 4 is 68.4 Å². The summed E-state index contributed by atoms with van der Waals surface area (Å²) in [6, 6.07) is 38.9. The number of hydrogen-bond acceptors (Lipinski definition) is 8. The number of carbonyl (C=O) groups excluding carboxylic acids is 4. The van der Waals surface area contributed by atoms with E-state index in [0.29, 0.717) is 11.5 Å². The molecule has 1 aliphatic rings. The van der Waals surface area contributed by atoms with Crippen LogP contribution >= 0.6 is 0 Å². The number of anilines is 4. The van der Waals surface area contributed by atoms with Gasteiger partial charge in [0, 0.05) is 11.1 Å². The molecule has 0 radical (unpaired) electrons. The third-order valence-electron chi connectivity index (χ3n) is 8.60. The van der Waals surface area contributed by atoms with Crippen molar-refractivity contribution in [1.29, 1.82) is 0 Å². The van der Waals surface area contributed by atoms with Crippen molar-refractivity contribution in [3.8, 4) is 22.6 Å². The second-order valence-corrected chi connectivity index (χ2v) is 12.4. The number of fused-ring (bicyclic) bond motifs is 15. The minimum atomic E-state index is -0.517. The highest BCUT2D eigenvalue weighted by Gasteiger charge is 2.17. The summed E-state index contributed by atoms with van der Waals surface area (Å²) in [6.45, 7) is -0.636. The Balaban J connectivity index is 1.16. The van der Waals surface area contributed by atoms with Crippen molar-refractivity contribution in [3.63, 3.8) is 0 Å². The summed E-state index contributed by atoms with van der Waals surface area (Å²) < 4.78 is 12.1. The van der Waals surface area contributed by atoms with Crippen LogP contribution in [-0.4, -0.2) is 46.8 Å². The van der Waals surface area contributed by atoms with E-state index in [-0.39, 0.29) is 47.6 Å². The Morgan fingerprint density at radius 3 is 1.30 bits per heavy atom. The first-order valence-electron chi connectivity index (χ1n) is 16.9. The molecule has 0 atom stereocenters. The molecule has 5 aromatic carbocycles. The van der Waals surface area contributed by atoms with Gasteiger partial charge < -0.3 is 30.7 Å². The first-order valence-corrected chi connectivity index (χ1v) is 16.9. The SMILES string of the molecule is O=C1COc2cc(c3ccccc3c2)-c2cc(cc3ccccc23)OCC(=O)Nc2cccc(n2)NC(=O)c2cccc(c2)C(=O)Nc2cccc(n2)N1. The molecule has 8 rings (SSSR count). The van der Waals surface area contributed by atoms with Gasteiger partial charge in [-0.25, -0.2) is 9.97 Å². The molecule has 12 heteroatoms. The Hall–Kier alpha value is -7.60. The molecular formula is C42H30N6O6. The fraction of sp³-hybridized carbons (Fsp3) is 0.0476.